The molecule has 1 aliphatic heterocycles. The summed E-state index contributed by atoms with van der Waals surface area (Å²) >= 11 is 0. The van der Waals surface area contributed by atoms with E-state index < -0.39 is 0 Å². The number of nitrogens with zero attached hydrogens (tertiary/aromatic N) is 3. The smallest absolute Gasteiger partial charge is 0.234 e. The van der Waals surface area contributed by atoms with E-state index in [1.54, 1.807) is 12.4 Å². The van der Waals surface area contributed by atoms with Gasteiger partial charge in [-0.2, -0.15) is 4.98 Å². The van der Waals surface area contributed by atoms with E-state index in [1.165, 1.54) is 0 Å². The van der Waals surface area contributed by atoms with Gasteiger partial charge in [0.25, 0.3) is 0 Å². The van der Waals surface area contributed by atoms with E-state index in [-0.39, 0.29) is 6.10 Å². The van der Waals surface area contributed by atoms with Crippen molar-refractivity contribution in [2.24, 2.45) is 5.73 Å². The molecule has 5 nitrogen and oxygen atoms in total. The average molecular weight is 236 g/mol. The molecular weight excluding hydrogens is 216 g/mol. The number of hydrogen-bond donors (Lipinski definition) is 1. The third kappa shape index (κ3) is 3.30. The van der Waals surface area contributed by atoms with Crippen molar-refractivity contribution < 1.29 is 4.74 Å². The largest absolute Gasteiger partial charge is 0.474 e. The fourth-order valence-electron chi connectivity index (χ4n) is 1.92. The van der Waals surface area contributed by atoms with Gasteiger partial charge in [-0.25, -0.2) is 0 Å². The fraction of sp³-hybridized carbons (Fsp3) is 0.667. The molecule has 0 bridgehead atoms. The second-order valence-corrected chi connectivity index (χ2v) is 4.71. The van der Waals surface area contributed by atoms with Crippen LogP contribution in [-0.2, 0) is 0 Å². The van der Waals surface area contributed by atoms with Crippen LogP contribution in [0.4, 0.5) is 5.82 Å². The van der Waals surface area contributed by atoms with Crippen LogP contribution in [-0.4, -0.2) is 35.2 Å². The number of piperidine rings is 1. The zero-order chi connectivity index (χ0) is 12.3. The molecule has 1 saturated heterocycles. The highest BCUT2D eigenvalue weighted by Crippen LogP contribution is 2.19. The quantitative estimate of drug-likeness (QED) is 0.854. The predicted molar refractivity (Wildman–Crippen MR) is 67.2 cm³/mol. The Labute approximate surface area is 102 Å². The van der Waals surface area contributed by atoms with Crippen molar-refractivity contribution in [2.45, 2.75) is 38.8 Å². The van der Waals surface area contributed by atoms with E-state index in [4.69, 9.17) is 10.5 Å². The van der Waals surface area contributed by atoms with Crippen molar-refractivity contribution in [1.82, 2.24) is 9.97 Å². The van der Waals surface area contributed by atoms with E-state index in [9.17, 15) is 0 Å². The summed E-state index contributed by atoms with van der Waals surface area (Å²) in [6.45, 7) is 5.85. The molecule has 0 spiro atoms. The first-order valence-electron chi connectivity index (χ1n) is 6.14. The van der Waals surface area contributed by atoms with Crippen LogP contribution in [0.1, 0.15) is 26.7 Å². The lowest BCUT2D eigenvalue weighted by atomic mass is 10.1. The van der Waals surface area contributed by atoms with Crippen molar-refractivity contribution in [3.05, 3.63) is 12.4 Å². The average Bonchev–Trinajstić information content (AvgIpc) is 2.29. The first kappa shape index (κ1) is 12.1. The van der Waals surface area contributed by atoms with Crippen LogP contribution in [0.25, 0.3) is 0 Å². The van der Waals surface area contributed by atoms with Crippen LogP contribution in [0.2, 0.25) is 0 Å². The molecule has 0 atom stereocenters. The standard InChI is InChI=1S/C12H20N4O/c1-9(2)17-12-8-14-7-11(15-12)16-5-3-10(13)4-6-16/h7-10H,3-6,13H2,1-2H3. The molecule has 0 aliphatic carbocycles. The van der Waals surface area contributed by atoms with Crippen molar-refractivity contribution in [1.29, 1.82) is 0 Å². The Hall–Kier alpha value is -1.36. The summed E-state index contributed by atoms with van der Waals surface area (Å²) in [5.74, 6) is 1.47. The highest BCUT2D eigenvalue weighted by Gasteiger charge is 2.17. The lowest BCUT2D eigenvalue weighted by molar-refractivity contribution is 0.231. The highest BCUT2D eigenvalue weighted by molar-refractivity contribution is 5.38. The molecule has 0 radical (unpaired) electrons. The number of aromatic nitrogens is 2. The number of hydrogen-bond acceptors (Lipinski definition) is 5. The molecule has 1 aromatic heterocycles. The molecule has 2 rings (SSSR count). The number of anilines is 1. The van der Waals surface area contributed by atoms with Crippen molar-refractivity contribution in [3.8, 4) is 5.88 Å². The maximum atomic E-state index is 5.88. The van der Waals surface area contributed by atoms with Crippen LogP contribution in [0.15, 0.2) is 12.4 Å². The van der Waals surface area contributed by atoms with E-state index in [0.717, 1.165) is 31.7 Å². The van der Waals surface area contributed by atoms with Gasteiger partial charge in [0.1, 0.15) is 0 Å². The maximum absolute atomic E-state index is 5.88. The van der Waals surface area contributed by atoms with Gasteiger partial charge in [-0.1, -0.05) is 0 Å². The van der Waals surface area contributed by atoms with Crippen molar-refractivity contribution in [3.63, 3.8) is 0 Å². The summed E-state index contributed by atoms with van der Waals surface area (Å²) in [6, 6.07) is 0.328. The van der Waals surface area contributed by atoms with Gasteiger partial charge in [0.2, 0.25) is 5.88 Å². The molecule has 1 fully saturated rings. The zero-order valence-electron chi connectivity index (χ0n) is 10.5. The normalized spacial score (nSPS) is 17.5. The molecule has 0 unspecified atom stereocenters. The molecule has 5 heteroatoms. The summed E-state index contributed by atoms with van der Waals surface area (Å²) in [5, 5.41) is 0. The lowest BCUT2D eigenvalue weighted by Gasteiger charge is -2.30. The zero-order valence-corrected chi connectivity index (χ0v) is 10.5. The molecule has 0 aromatic carbocycles. The summed E-state index contributed by atoms with van der Waals surface area (Å²) in [6.07, 6.45) is 5.58. The van der Waals surface area contributed by atoms with Gasteiger partial charge >= 0.3 is 0 Å². The molecule has 2 N–H and O–H groups in total. The summed E-state index contributed by atoms with van der Waals surface area (Å²) in [4.78, 5) is 10.8. The topological polar surface area (TPSA) is 64.3 Å². The predicted octanol–water partition coefficient (Wildman–Crippen LogP) is 1.19. The van der Waals surface area contributed by atoms with Gasteiger partial charge in [0.15, 0.2) is 5.82 Å². The van der Waals surface area contributed by atoms with Gasteiger partial charge < -0.3 is 15.4 Å². The highest BCUT2D eigenvalue weighted by atomic mass is 16.5. The van der Waals surface area contributed by atoms with Gasteiger partial charge in [-0.3, -0.25) is 4.98 Å². The van der Waals surface area contributed by atoms with Crippen LogP contribution >= 0.6 is 0 Å². The summed E-state index contributed by atoms with van der Waals surface area (Å²) in [7, 11) is 0. The Bertz CT molecular complexity index is 361. The first-order valence-corrected chi connectivity index (χ1v) is 6.14. The number of ether oxygens (including phenoxy) is 1. The molecule has 2 heterocycles. The molecule has 1 aliphatic rings. The molecule has 0 amide bonds. The second-order valence-electron chi connectivity index (χ2n) is 4.71. The Balaban J connectivity index is 2.05. The minimum Gasteiger partial charge on any atom is -0.474 e. The van der Waals surface area contributed by atoms with Gasteiger partial charge in [-0.05, 0) is 26.7 Å². The van der Waals surface area contributed by atoms with Gasteiger partial charge in [-0.15, -0.1) is 0 Å². The van der Waals surface area contributed by atoms with Crippen LogP contribution in [0.3, 0.4) is 0 Å². The minimum atomic E-state index is 0.120. The van der Waals surface area contributed by atoms with Gasteiger partial charge in [0, 0.05) is 19.1 Å². The Kier molecular flexibility index (Phi) is 3.78. The molecule has 0 saturated carbocycles. The summed E-state index contributed by atoms with van der Waals surface area (Å²) in [5.41, 5.74) is 5.88. The van der Waals surface area contributed by atoms with Crippen LogP contribution < -0.4 is 15.4 Å². The van der Waals surface area contributed by atoms with E-state index in [2.05, 4.69) is 14.9 Å². The first-order chi connectivity index (χ1) is 8.15. The third-order valence-electron chi connectivity index (χ3n) is 2.82. The number of rotatable bonds is 3. The lowest BCUT2D eigenvalue weighted by Crippen LogP contribution is -2.40. The SMILES string of the molecule is CC(C)Oc1cncc(N2CCC(N)CC2)n1. The second kappa shape index (κ2) is 5.31. The van der Waals surface area contributed by atoms with E-state index >= 15 is 0 Å². The maximum Gasteiger partial charge on any atom is 0.234 e. The van der Waals surface area contributed by atoms with E-state index in [0.29, 0.717) is 11.9 Å². The summed E-state index contributed by atoms with van der Waals surface area (Å²) < 4.78 is 5.54. The minimum absolute atomic E-state index is 0.120. The molecule has 17 heavy (non-hydrogen) atoms. The van der Waals surface area contributed by atoms with Crippen molar-refractivity contribution in [2.75, 3.05) is 18.0 Å². The van der Waals surface area contributed by atoms with Crippen LogP contribution in [0.5, 0.6) is 5.88 Å². The fourth-order valence-corrected chi connectivity index (χ4v) is 1.92. The monoisotopic (exact) mass is 236 g/mol. The molecule has 1 aromatic rings. The Morgan fingerprint density at radius 2 is 2.06 bits per heavy atom. The Morgan fingerprint density at radius 1 is 1.35 bits per heavy atom. The molecular formula is C12H20N4O. The van der Waals surface area contributed by atoms with Gasteiger partial charge in [0.05, 0.1) is 18.5 Å². The molecule has 94 valence electrons. The van der Waals surface area contributed by atoms with Crippen molar-refractivity contribution >= 4 is 5.82 Å². The van der Waals surface area contributed by atoms with Crippen LogP contribution in [0, 0.1) is 0 Å². The number of nitrogens with two attached hydrogens (primary N) is 1. The third-order valence-corrected chi connectivity index (χ3v) is 2.82. The Morgan fingerprint density at radius 3 is 2.71 bits per heavy atom. The van der Waals surface area contributed by atoms with E-state index in [1.807, 2.05) is 13.8 Å².